The van der Waals surface area contributed by atoms with Crippen LogP contribution in [0, 0.1) is 6.92 Å². The zero-order valence-electron chi connectivity index (χ0n) is 15.0. The predicted molar refractivity (Wildman–Crippen MR) is 96.5 cm³/mol. The quantitative estimate of drug-likeness (QED) is 0.777. The first-order valence-electron chi connectivity index (χ1n) is 9.24. The van der Waals surface area contributed by atoms with Crippen molar-refractivity contribution in [2.24, 2.45) is 0 Å². The molecule has 1 N–H and O–H groups in total. The smallest absolute Gasteiger partial charge is 0.242 e. The largest absolute Gasteiger partial charge is 0.354 e. The van der Waals surface area contributed by atoms with Gasteiger partial charge in [-0.1, -0.05) is 49.6 Å². The topological polar surface area (TPSA) is 49.4 Å². The molecule has 1 atom stereocenters. The van der Waals surface area contributed by atoms with Crippen LogP contribution in [0.1, 0.15) is 63.0 Å². The Morgan fingerprint density at radius 1 is 1.21 bits per heavy atom. The van der Waals surface area contributed by atoms with Gasteiger partial charge in [0.2, 0.25) is 11.8 Å². The summed E-state index contributed by atoms with van der Waals surface area (Å²) in [5.74, 6) is 0.106. The molecule has 0 radical (unpaired) electrons. The van der Waals surface area contributed by atoms with Gasteiger partial charge in [-0.25, -0.2) is 0 Å². The number of nitrogens with one attached hydrogen (secondary N) is 1. The predicted octanol–water partition coefficient (Wildman–Crippen LogP) is 3.57. The Morgan fingerprint density at radius 2 is 1.96 bits per heavy atom. The van der Waals surface area contributed by atoms with Crippen LogP contribution in [-0.2, 0) is 16.1 Å². The molecule has 24 heavy (non-hydrogen) atoms. The molecule has 132 valence electrons. The van der Waals surface area contributed by atoms with Crippen LogP contribution >= 0.6 is 0 Å². The van der Waals surface area contributed by atoms with Crippen molar-refractivity contribution in [1.82, 2.24) is 10.2 Å². The lowest BCUT2D eigenvalue weighted by Gasteiger charge is -2.30. The normalized spacial score (nSPS) is 17.9. The Hall–Kier alpha value is -1.84. The summed E-state index contributed by atoms with van der Waals surface area (Å²) in [6.07, 6.45) is 6.31. The molecule has 0 saturated carbocycles. The average molecular weight is 330 g/mol. The number of amides is 2. The number of hydrogen-bond acceptors (Lipinski definition) is 2. The zero-order valence-corrected chi connectivity index (χ0v) is 15.0. The summed E-state index contributed by atoms with van der Waals surface area (Å²) in [5.41, 5.74) is 2.29. The Kier molecular flexibility index (Phi) is 7.29. The van der Waals surface area contributed by atoms with Gasteiger partial charge < -0.3 is 10.2 Å². The molecule has 1 aromatic rings. The van der Waals surface area contributed by atoms with Gasteiger partial charge in [-0.15, -0.1) is 0 Å². The van der Waals surface area contributed by atoms with Gasteiger partial charge in [0.1, 0.15) is 6.04 Å². The van der Waals surface area contributed by atoms with E-state index < -0.39 is 0 Å². The Labute approximate surface area is 145 Å². The van der Waals surface area contributed by atoms with E-state index in [0.29, 0.717) is 13.0 Å². The molecule has 4 nitrogen and oxygen atoms in total. The molecule has 0 bridgehead atoms. The molecule has 2 amide bonds. The number of nitrogens with zero attached hydrogens (tertiary/aromatic N) is 1. The lowest BCUT2D eigenvalue weighted by molar-refractivity contribution is -0.141. The highest BCUT2D eigenvalue weighted by Gasteiger charge is 2.30. The first-order valence-corrected chi connectivity index (χ1v) is 9.24. The van der Waals surface area contributed by atoms with Crippen molar-refractivity contribution in [2.45, 2.75) is 71.4 Å². The molecular weight excluding hydrogens is 300 g/mol. The number of aryl methyl sites for hydroxylation is 1. The van der Waals surface area contributed by atoms with Crippen molar-refractivity contribution in [3.63, 3.8) is 0 Å². The maximum Gasteiger partial charge on any atom is 0.242 e. The third-order valence-corrected chi connectivity index (χ3v) is 4.67. The summed E-state index contributed by atoms with van der Waals surface area (Å²) >= 11 is 0. The molecule has 1 aliphatic rings. The molecular formula is C20H30N2O2. The summed E-state index contributed by atoms with van der Waals surface area (Å²) in [6, 6.07) is 7.89. The van der Waals surface area contributed by atoms with Crippen LogP contribution in [-0.4, -0.2) is 29.3 Å². The number of carbonyl (C=O) groups is 2. The Balaban J connectivity index is 2.14. The van der Waals surface area contributed by atoms with E-state index in [0.717, 1.165) is 50.6 Å². The van der Waals surface area contributed by atoms with Crippen molar-refractivity contribution in [1.29, 1.82) is 0 Å². The minimum atomic E-state index is -0.331. The molecule has 0 spiro atoms. The summed E-state index contributed by atoms with van der Waals surface area (Å²) in [5, 5.41) is 2.96. The second-order valence-corrected chi connectivity index (χ2v) is 6.77. The van der Waals surface area contributed by atoms with E-state index in [-0.39, 0.29) is 17.9 Å². The molecule has 1 unspecified atom stereocenters. The molecule has 1 aromatic carbocycles. The minimum absolute atomic E-state index is 0.00320. The number of benzene rings is 1. The second kappa shape index (κ2) is 9.45. The number of rotatable bonds is 7. The SMILES string of the molecule is CCCCCC(=O)N(Cc1ccc(C)cc1)C1CCCCNC1=O. The van der Waals surface area contributed by atoms with Crippen molar-refractivity contribution in [2.75, 3.05) is 6.54 Å². The molecule has 1 aliphatic heterocycles. The van der Waals surface area contributed by atoms with Gasteiger partial charge in [0.05, 0.1) is 0 Å². The monoisotopic (exact) mass is 330 g/mol. The van der Waals surface area contributed by atoms with Gasteiger partial charge in [0.15, 0.2) is 0 Å². The lowest BCUT2D eigenvalue weighted by atomic mass is 10.1. The number of hydrogen-bond donors (Lipinski definition) is 1. The van der Waals surface area contributed by atoms with Crippen LogP contribution in [0.4, 0.5) is 0 Å². The van der Waals surface area contributed by atoms with E-state index >= 15 is 0 Å². The Morgan fingerprint density at radius 3 is 2.67 bits per heavy atom. The van der Waals surface area contributed by atoms with Crippen molar-refractivity contribution >= 4 is 11.8 Å². The molecule has 0 aliphatic carbocycles. The number of carbonyl (C=O) groups excluding carboxylic acids is 2. The highest BCUT2D eigenvalue weighted by molar-refractivity contribution is 5.87. The maximum absolute atomic E-state index is 12.8. The highest BCUT2D eigenvalue weighted by Crippen LogP contribution is 2.18. The fourth-order valence-electron chi connectivity index (χ4n) is 3.15. The van der Waals surface area contributed by atoms with Crippen LogP contribution in [0.5, 0.6) is 0 Å². The molecule has 4 heteroatoms. The molecule has 1 saturated heterocycles. The van der Waals surface area contributed by atoms with Crippen LogP contribution in [0.25, 0.3) is 0 Å². The minimum Gasteiger partial charge on any atom is -0.354 e. The van der Waals surface area contributed by atoms with Crippen LogP contribution in [0.2, 0.25) is 0 Å². The van der Waals surface area contributed by atoms with Gasteiger partial charge in [-0.2, -0.15) is 0 Å². The Bertz CT molecular complexity index is 539. The molecule has 2 rings (SSSR count). The van der Waals surface area contributed by atoms with Gasteiger partial charge in [0, 0.05) is 19.5 Å². The van der Waals surface area contributed by atoms with Gasteiger partial charge >= 0.3 is 0 Å². The second-order valence-electron chi connectivity index (χ2n) is 6.77. The van der Waals surface area contributed by atoms with Crippen molar-refractivity contribution in [3.05, 3.63) is 35.4 Å². The summed E-state index contributed by atoms with van der Waals surface area (Å²) in [6.45, 7) is 5.42. The number of unbranched alkanes of at least 4 members (excludes halogenated alkanes) is 2. The summed E-state index contributed by atoms with van der Waals surface area (Å²) < 4.78 is 0. The third kappa shape index (κ3) is 5.36. The maximum atomic E-state index is 12.8. The third-order valence-electron chi connectivity index (χ3n) is 4.67. The lowest BCUT2D eigenvalue weighted by Crippen LogP contribution is -2.48. The van der Waals surface area contributed by atoms with Gasteiger partial charge in [-0.05, 0) is 38.2 Å². The molecule has 1 fully saturated rings. The summed E-state index contributed by atoms with van der Waals surface area (Å²) in [7, 11) is 0. The van der Waals surface area contributed by atoms with E-state index in [2.05, 4.69) is 43.4 Å². The van der Waals surface area contributed by atoms with Gasteiger partial charge in [-0.3, -0.25) is 9.59 Å². The van der Waals surface area contributed by atoms with E-state index in [1.807, 2.05) is 0 Å². The van der Waals surface area contributed by atoms with Crippen molar-refractivity contribution in [3.8, 4) is 0 Å². The van der Waals surface area contributed by atoms with E-state index in [1.165, 1.54) is 5.56 Å². The van der Waals surface area contributed by atoms with Crippen LogP contribution in [0.15, 0.2) is 24.3 Å². The van der Waals surface area contributed by atoms with Gasteiger partial charge in [0.25, 0.3) is 0 Å². The first-order chi connectivity index (χ1) is 11.6. The standard InChI is InChI=1S/C20H30N2O2/c1-3-4-5-9-19(23)22(15-17-12-10-16(2)11-13-17)18-8-6-7-14-21-20(18)24/h10-13,18H,3-9,14-15H2,1-2H3,(H,21,24). The van der Waals surface area contributed by atoms with Crippen molar-refractivity contribution < 1.29 is 9.59 Å². The van der Waals surface area contributed by atoms with Crippen LogP contribution < -0.4 is 5.32 Å². The highest BCUT2D eigenvalue weighted by atomic mass is 16.2. The van der Waals surface area contributed by atoms with E-state index in [4.69, 9.17) is 0 Å². The van der Waals surface area contributed by atoms with Crippen LogP contribution in [0.3, 0.4) is 0 Å². The fourth-order valence-corrected chi connectivity index (χ4v) is 3.15. The first kappa shape index (κ1) is 18.5. The van der Waals surface area contributed by atoms with E-state index in [9.17, 15) is 9.59 Å². The molecule has 0 aromatic heterocycles. The average Bonchev–Trinajstić information content (AvgIpc) is 2.79. The summed E-state index contributed by atoms with van der Waals surface area (Å²) in [4.78, 5) is 27.0. The molecule has 1 heterocycles. The fraction of sp³-hybridized carbons (Fsp3) is 0.600. The van der Waals surface area contributed by atoms with E-state index in [1.54, 1.807) is 4.90 Å². The zero-order chi connectivity index (χ0) is 17.4.